The first-order valence-corrected chi connectivity index (χ1v) is 8.72. The number of nitrogens with one attached hydrogen (secondary N) is 1. The van der Waals surface area contributed by atoms with Gasteiger partial charge in [0.15, 0.2) is 11.5 Å². The molecule has 4 heteroatoms. The number of ether oxygens (including phenoxy) is 2. The fourth-order valence-corrected chi connectivity index (χ4v) is 3.66. The zero-order valence-electron chi connectivity index (χ0n) is 14.1. The largest absolute Gasteiger partial charge is 0.454 e. The van der Waals surface area contributed by atoms with Crippen molar-refractivity contribution in [3.8, 4) is 11.5 Å². The van der Waals surface area contributed by atoms with Crippen LogP contribution in [0.4, 0.5) is 0 Å². The number of hydrogen-bond donors (Lipinski definition) is 1. The number of nitrogens with zero attached hydrogens (tertiary/aromatic N) is 1. The van der Waals surface area contributed by atoms with Gasteiger partial charge in [-0.15, -0.1) is 0 Å². The van der Waals surface area contributed by atoms with Gasteiger partial charge in [-0.1, -0.05) is 35.9 Å². The summed E-state index contributed by atoms with van der Waals surface area (Å²) in [6.07, 6.45) is 1.17. The third-order valence-electron chi connectivity index (χ3n) is 4.81. The van der Waals surface area contributed by atoms with Crippen molar-refractivity contribution in [2.75, 3.05) is 33.0 Å². The summed E-state index contributed by atoms with van der Waals surface area (Å²) in [7, 11) is 0. The van der Waals surface area contributed by atoms with Crippen LogP contribution in [0.3, 0.4) is 0 Å². The van der Waals surface area contributed by atoms with Crippen molar-refractivity contribution in [2.45, 2.75) is 19.4 Å². The molecular formula is C20H24N2O2. The first-order chi connectivity index (χ1) is 11.8. The Balaban J connectivity index is 1.74. The zero-order chi connectivity index (χ0) is 16.4. The number of aryl methyl sites for hydroxylation is 1. The summed E-state index contributed by atoms with van der Waals surface area (Å²) >= 11 is 0. The van der Waals surface area contributed by atoms with Crippen molar-refractivity contribution >= 4 is 0 Å². The molecule has 0 spiro atoms. The second-order valence-corrected chi connectivity index (χ2v) is 6.57. The zero-order valence-corrected chi connectivity index (χ0v) is 14.1. The first-order valence-electron chi connectivity index (χ1n) is 8.72. The van der Waals surface area contributed by atoms with Gasteiger partial charge < -0.3 is 14.8 Å². The van der Waals surface area contributed by atoms with Crippen LogP contribution < -0.4 is 14.8 Å². The van der Waals surface area contributed by atoms with Crippen molar-refractivity contribution < 1.29 is 9.47 Å². The molecule has 0 bridgehead atoms. The predicted octanol–water partition coefficient (Wildman–Crippen LogP) is 3.11. The molecule has 1 fully saturated rings. The molecule has 2 aromatic carbocycles. The topological polar surface area (TPSA) is 33.7 Å². The van der Waals surface area contributed by atoms with Crippen LogP contribution in [0, 0.1) is 6.92 Å². The second-order valence-electron chi connectivity index (χ2n) is 6.57. The van der Waals surface area contributed by atoms with Gasteiger partial charge in [0.05, 0.1) is 6.04 Å². The average molecular weight is 324 g/mol. The Bertz CT molecular complexity index is 709. The summed E-state index contributed by atoms with van der Waals surface area (Å²) in [5, 5.41) is 3.50. The summed E-state index contributed by atoms with van der Waals surface area (Å²) in [6.45, 7) is 6.75. The third-order valence-corrected chi connectivity index (χ3v) is 4.81. The van der Waals surface area contributed by atoms with E-state index in [-0.39, 0.29) is 6.04 Å². The van der Waals surface area contributed by atoms with Crippen molar-refractivity contribution in [3.05, 3.63) is 59.2 Å². The lowest BCUT2D eigenvalue weighted by atomic mass is 9.95. The first kappa shape index (κ1) is 15.5. The smallest absolute Gasteiger partial charge is 0.231 e. The van der Waals surface area contributed by atoms with E-state index < -0.39 is 0 Å². The van der Waals surface area contributed by atoms with Gasteiger partial charge in [0.1, 0.15) is 0 Å². The van der Waals surface area contributed by atoms with Crippen LogP contribution in [-0.4, -0.2) is 37.9 Å². The molecule has 0 saturated carbocycles. The van der Waals surface area contributed by atoms with Crippen LogP contribution in [-0.2, 0) is 0 Å². The molecule has 1 N–H and O–H groups in total. The molecule has 4 nitrogen and oxygen atoms in total. The Morgan fingerprint density at radius 2 is 1.83 bits per heavy atom. The monoisotopic (exact) mass is 324 g/mol. The lowest BCUT2D eigenvalue weighted by Crippen LogP contribution is -2.33. The third kappa shape index (κ3) is 3.12. The molecule has 1 unspecified atom stereocenters. The SMILES string of the molecule is Cc1cccc(C(c2ccc3c(c2)OCO3)N2CCCNCC2)c1. The highest BCUT2D eigenvalue weighted by molar-refractivity contribution is 5.47. The molecule has 4 rings (SSSR count). The highest BCUT2D eigenvalue weighted by Gasteiger charge is 2.25. The minimum Gasteiger partial charge on any atom is -0.454 e. The fraction of sp³-hybridized carbons (Fsp3) is 0.400. The Labute approximate surface area is 143 Å². The molecule has 2 aliphatic rings. The minimum absolute atomic E-state index is 0.249. The molecule has 2 aromatic rings. The van der Waals surface area contributed by atoms with Crippen molar-refractivity contribution in [1.29, 1.82) is 0 Å². The average Bonchev–Trinajstić information content (AvgIpc) is 2.90. The molecule has 126 valence electrons. The minimum atomic E-state index is 0.249. The van der Waals surface area contributed by atoms with Gasteiger partial charge in [-0.25, -0.2) is 0 Å². The lowest BCUT2D eigenvalue weighted by molar-refractivity contribution is 0.173. The van der Waals surface area contributed by atoms with Gasteiger partial charge in [0.2, 0.25) is 6.79 Å². The Kier molecular flexibility index (Phi) is 4.41. The number of benzene rings is 2. The Morgan fingerprint density at radius 1 is 0.958 bits per heavy atom. The van der Waals surface area contributed by atoms with E-state index in [2.05, 4.69) is 53.5 Å². The van der Waals surface area contributed by atoms with E-state index in [0.717, 1.165) is 37.7 Å². The van der Waals surface area contributed by atoms with Gasteiger partial charge in [-0.05, 0) is 43.1 Å². The summed E-state index contributed by atoms with van der Waals surface area (Å²) < 4.78 is 11.1. The van der Waals surface area contributed by atoms with E-state index in [1.54, 1.807) is 0 Å². The number of fused-ring (bicyclic) bond motifs is 1. The van der Waals surface area contributed by atoms with Crippen molar-refractivity contribution in [2.24, 2.45) is 0 Å². The summed E-state index contributed by atoms with van der Waals surface area (Å²) in [6, 6.07) is 15.5. The second kappa shape index (κ2) is 6.83. The molecule has 0 aromatic heterocycles. The van der Waals surface area contributed by atoms with E-state index in [1.165, 1.54) is 23.1 Å². The predicted molar refractivity (Wildman–Crippen MR) is 94.6 cm³/mol. The summed E-state index contributed by atoms with van der Waals surface area (Å²) in [4.78, 5) is 2.58. The van der Waals surface area contributed by atoms with E-state index in [9.17, 15) is 0 Å². The van der Waals surface area contributed by atoms with Crippen molar-refractivity contribution in [1.82, 2.24) is 10.2 Å². The molecule has 2 heterocycles. The maximum absolute atomic E-state index is 5.61. The number of hydrogen-bond acceptors (Lipinski definition) is 4. The molecule has 24 heavy (non-hydrogen) atoms. The molecule has 0 amide bonds. The molecule has 1 saturated heterocycles. The van der Waals surface area contributed by atoms with Crippen LogP contribution >= 0.6 is 0 Å². The van der Waals surface area contributed by atoms with E-state index >= 15 is 0 Å². The Hall–Kier alpha value is -2.04. The standard InChI is InChI=1S/C20H24N2O2/c1-15-4-2-5-16(12-15)20(22-10-3-8-21-9-11-22)17-6-7-18-19(13-17)24-14-23-18/h2,4-7,12-13,20-21H,3,8-11,14H2,1H3. The van der Waals surface area contributed by atoms with Crippen LogP contribution in [0.5, 0.6) is 11.5 Å². The van der Waals surface area contributed by atoms with Gasteiger partial charge in [0.25, 0.3) is 0 Å². The van der Waals surface area contributed by atoms with Crippen LogP contribution in [0.2, 0.25) is 0 Å². The Morgan fingerprint density at radius 3 is 2.75 bits per heavy atom. The normalized spacial score (nSPS) is 19.0. The van der Waals surface area contributed by atoms with Gasteiger partial charge in [-0.2, -0.15) is 0 Å². The van der Waals surface area contributed by atoms with Gasteiger partial charge in [-0.3, -0.25) is 4.90 Å². The molecular weight excluding hydrogens is 300 g/mol. The fourth-order valence-electron chi connectivity index (χ4n) is 3.66. The number of rotatable bonds is 3. The van der Waals surface area contributed by atoms with Crippen LogP contribution in [0.1, 0.15) is 29.2 Å². The quantitative estimate of drug-likeness (QED) is 0.941. The maximum atomic E-state index is 5.61. The van der Waals surface area contributed by atoms with E-state index in [0.29, 0.717) is 6.79 Å². The highest BCUT2D eigenvalue weighted by atomic mass is 16.7. The molecule has 0 radical (unpaired) electrons. The van der Waals surface area contributed by atoms with Gasteiger partial charge in [0, 0.05) is 19.6 Å². The molecule has 2 aliphatic heterocycles. The lowest BCUT2D eigenvalue weighted by Gasteiger charge is -2.31. The van der Waals surface area contributed by atoms with E-state index in [4.69, 9.17) is 9.47 Å². The molecule has 1 atom stereocenters. The van der Waals surface area contributed by atoms with Crippen LogP contribution in [0.15, 0.2) is 42.5 Å². The highest BCUT2D eigenvalue weighted by Crippen LogP contribution is 2.38. The maximum Gasteiger partial charge on any atom is 0.231 e. The summed E-state index contributed by atoms with van der Waals surface area (Å²) in [5.74, 6) is 1.71. The van der Waals surface area contributed by atoms with Crippen LogP contribution in [0.25, 0.3) is 0 Å². The van der Waals surface area contributed by atoms with Crippen molar-refractivity contribution in [3.63, 3.8) is 0 Å². The molecule has 0 aliphatic carbocycles. The van der Waals surface area contributed by atoms with Gasteiger partial charge >= 0.3 is 0 Å². The van der Waals surface area contributed by atoms with E-state index in [1.807, 2.05) is 6.07 Å². The summed E-state index contributed by atoms with van der Waals surface area (Å²) in [5.41, 5.74) is 3.91.